The average molecular weight is 229 g/mol. The number of primary amides is 1. The quantitative estimate of drug-likeness (QED) is 0.619. The Bertz CT molecular complexity index is 197. The van der Waals surface area contributed by atoms with Gasteiger partial charge >= 0.3 is 0 Å². The minimum atomic E-state index is -0.248. The first-order chi connectivity index (χ1) is 7.56. The van der Waals surface area contributed by atoms with Gasteiger partial charge in [-0.25, -0.2) is 0 Å². The van der Waals surface area contributed by atoms with Crippen molar-refractivity contribution in [3.05, 3.63) is 0 Å². The average Bonchev–Trinajstić information content (AvgIpc) is 2.27. The van der Waals surface area contributed by atoms with Crippen LogP contribution in [0, 0.1) is 0 Å². The van der Waals surface area contributed by atoms with Crippen LogP contribution in [0.3, 0.4) is 0 Å². The van der Waals surface area contributed by atoms with E-state index in [9.17, 15) is 4.79 Å². The molecule has 0 aliphatic carbocycles. The Balaban J connectivity index is 4.10. The number of nitrogens with one attached hydrogen (secondary N) is 1. The number of nitrogens with zero attached hydrogens (tertiary/aromatic N) is 1. The van der Waals surface area contributed by atoms with Crippen molar-refractivity contribution in [3.63, 3.8) is 0 Å². The summed E-state index contributed by atoms with van der Waals surface area (Å²) < 4.78 is 0. The monoisotopic (exact) mass is 229 g/mol. The Morgan fingerprint density at radius 3 is 2.38 bits per heavy atom. The maximum absolute atomic E-state index is 11.2. The second-order valence-corrected chi connectivity index (χ2v) is 4.19. The normalized spacial score (nSPS) is 15.1. The molecule has 0 aliphatic rings. The number of hydrogen-bond acceptors (Lipinski definition) is 3. The van der Waals surface area contributed by atoms with Crippen molar-refractivity contribution in [1.82, 2.24) is 10.2 Å². The molecule has 0 rings (SSSR count). The molecular formula is C12H27N3O. The van der Waals surface area contributed by atoms with E-state index < -0.39 is 0 Å². The van der Waals surface area contributed by atoms with E-state index in [1.807, 2.05) is 6.92 Å². The smallest absolute Gasteiger partial charge is 0.234 e. The van der Waals surface area contributed by atoms with Crippen molar-refractivity contribution >= 4 is 5.91 Å². The molecule has 0 bridgehead atoms. The minimum Gasteiger partial charge on any atom is -0.368 e. The highest BCUT2D eigenvalue weighted by Gasteiger charge is 2.16. The fourth-order valence-corrected chi connectivity index (χ4v) is 1.83. The number of nitrogens with two attached hydrogens (primary N) is 1. The summed E-state index contributed by atoms with van der Waals surface area (Å²) in [7, 11) is 0. The van der Waals surface area contributed by atoms with Crippen LogP contribution in [-0.2, 0) is 4.79 Å². The number of likely N-dealkylation sites (N-methyl/N-ethyl adjacent to an activating group) is 1. The van der Waals surface area contributed by atoms with Crippen molar-refractivity contribution in [3.8, 4) is 0 Å². The van der Waals surface area contributed by atoms with Gasteiger partial charge in [-0.1, -0.05) is 20.8 Å². The summed E-state index contributed by atoms with van der Waals surface area (Å²) in [6, 6.07) is 0.378. The van der Waals surface area contributed by atoms with Crippen LogP contribution in [0.25, 0.3) is 0 Å². The highest BCUT2D eigenvalue weighted by atomic mass is 16.1. The molecule has 0 aromatic rings. The zero-order valence-electron chi connectivity index (χ0n) is 11.1. The van der Waals surface area contributed by atoms with E-state index in [-0.39, 0.29) is 11.9 Å². The first-order valence-electron chi connectivity index (χ1n) is 6.33. The van der Waals surface area contributed by atoms with Gasteiger partial charge in [0.05, 0.1) is 6.04 Å². The molecule has 96 valence electrons. The molecule has 0 aromatic carbocycles. The van der Waals surface area contributed by atoms with Gasteiger partial charge in [0.15, 0.2) is 0 Å². The van der Waals surface area contributed by atoms with Crippen molar-refractivity contribution < 1.29 is 4.79 Å². The summed E-state index contributed by atoms with van der Waals surface area (Å²) in [6.07, 6.45) is 1.93. The van der Waals surface area contributed by atoms with Crippen molar-refractivity contribution in [1.29, 1.82) is 0 Å². The third-order valence-corrected chi connectivity index (χ3v) is 3.12. The molecule has 0 aromatic heterocycles. The Hall–Kier alpha value is -0.610. The van der Waals surface area contributed by atoms with Gasteiger partial charge in [0, 0.05) is 12.6 Å². The Labute approximate surface area is 99.6 Å². The molecule has 0 spiro atoms. The zero-order valence-corrected chi connectivity index (χ0v) is 11.1. The van der Waals surface area contributed by atoms with Gasteiger partial charge in [-0.3, -0.25) is 4.79 Å². The molecule has 3 N–H and O–H groups in total. The lowest BCUT2D eigenvalue weighted by molar-refractivity contribution is -0.120. The van der Waals surface area contributed by atoms with E-state index in [2.05, 4.69) is 31.0 Å². The van der Waals surface area contributed by atoms with Crippen LogP contribution in [0.2, 0.25) is 0 Å². The molecule has 4 heteroatoms. The number of amides is 1. The second-order valence-electron chi connectivity index (χ2n) is 4.19. The number of carbonyl (C=O) groups is 1. The van der Waals surface area contributed by atoms with Crippen LogP contribution in [-0.4, -0.2) is 42.5 Å². The maximum Gasteiger partial charge on any atom is 0.234 e. The highest BCUT2D eigenvalue weighted by molar-refractivity contribution is 5.79. The summed E-state index contributed by atoms with van der Waals surface area (Å²) in [5.74, 6) is -0.248. The van der Waals surface area contributed by atoms with Gasteiger partial charge in [0.2, 0.25) is 5.91 Å². The van der Waals surface area contributed by atoms with Crippen LogP contribution >= 0.6 is 0 Å². The standard InChI is InChI=1S/C12H27N3O/c1-5-10(4)15(7-3)9-8-11(12(13)16)14-6-2/h10-11,14H,5-9H2,1-4H3,(H2,13,16). The lowest BCUT2D eigenvalue weighted by Gasteiger charge is -2.28. The molecule has 0 saturated carbocycles. The SMILES string of the molecule is CCNC(CCN(CC)C(C)CC)C(N)=O. The molecule has 1 amide bonds. The van der Waals surface area contributed by atoms with E-state index in [4.69, 9.17) is 5.73 Å². The van der Waals surface area contributed by atoms with Crippen LogP contribution in [0.15, 0.2) is 0 Å². The van der Waals surface area contributed by atoms with E-state index >= 15 is 0 Å². The van der Waals surface area contributed by atoms with Gasteiger partial charge in [0.1, 0.15) is 0 Å². The first-order valence-corrected chi connectivity index (χ1v) is 6.33. The van der Waals surface area contributed by atoms with Gasteiger partial charge in [0.25, 0.3) is 0 Å². The maximum atomic E-state index is 11.2. The largest absolute Gasteiger partial charge is 0.368 e. The molecule has 0 fully saturated rings. The Morgan fingerprint density at radius 1 is 1.38 bits per heavy atom. The molecule has 0 aliphatic heterocycles. The van der Waals surface area contributed by atoms with Crippen LogP contribution in [0.1, 0.15) is 40.5 Å². The molecule has 16 heavy (non-hydrogen) atoms. The van der Waals surface area contributed by atoms with E-state index in [0.717, 1.165) is 32.5 Å². The fourth-order valence-electron chi connectivity index (χ4n) is 1.83. The van der Waals surface area contributed by atoms with Crippen LogP contribution < -0.4 is 11.1 Å². The van der Waals surface area contributed by atoms with Crippen molar-refractivity contribution in [2.24, 2.45) is 5.73 Å². The minimum absolute atomic E-state index is 0.192. The van der Waals surface area contributed by atoms with E-state index in [1.165, 1.54) is 0 Å². The number of hydrogen-bond donors (Lipinski definition) is 2. The summed E-state index contributed by atoms with van der Waals surface area (Å²) in [4.78, 5) is 13.6. The third kappa shape index (κ3) is 5.47. The summed E-state index contributed by atoms with van der Waals surface area (Å²) >= 11 is 0. The highest BCUT2D eigenvalue weighted by Crippen LogP contribution is 2.05. The summed E-state index contributed by atoms with van der Waals surface area (Å²) in [5.41, 5.74) is 5.34. The Morgan fingerprint density at radius 2 is 2.00 bits per heavy atom. The van der Waals surface area contributed by atoms with Crippen molar-refractivity contribution in [2.45, 2.75) is 52.6 Å². The van der Waals surface area contributed by atoms with Crippen LogP contribution in [0.5, 0.6) is 0 Å². The van der Waals surface area contributed by atoms with E-state index in [0.29, 0.717) is 6.04 Å². The molecule has 0 heterocycles. The fraction of sp³-hybridized carbons (Fsp3) is 0.917. The van der Waals surface area contributed by atoms with Gasteiger partial charge < -0.3 is 16.0 Å². The first kappa shape index (κ1) is 15.4. The predicted octanol–water partition coefficient (Wildman–Crippen LogP) is 0.960. The molecule has 2 atom stereocenters. The molecular weight excluding hydrogens is 202 g/mol. The molecule has 2 unspecified atom stereocenters. The Kier molecular flexibility index (Phi) is 8.21. The van der Waals surface area contributed by atoms with Gasteiger partial charge in [-0.2, -0.15) is 0 Å². The van der Waals surface area contributed by atoms with E-state index in [1.54, 1.807) is 0 Å². The molecule has 0 radical (unpaired) electrons. The second kappa shape index (κ2) is 8.53. The van der Waals surface area contributed by atoms with Crippen molar-refractivity contribution in [2.75, 3.05) is 19.6 Å². The lowest BCUT2D eigenvalue weighted by atomic mass is 10.1. The predicted molar refractivity (Wildman–Crippen MR) is 68.3 cm³/mol. The number of carbonyl (C=O) groups excluding carboxylic acids is 1. The van der Waals surface area contributed by atoms with Gasteiger partial charge in [-0.05, 0) is 32.9 Å². The topological polar surface area (TPSA) is 58.4 Å². The molecule has 4 nitrogen and oxygen atoms in total. The number of rotatable bonds is 9. The van der Waals surface area contributed by atoms with Crippen LogP contribution in [0.4, 0.5) is 0 Å². The zero-order chi connectivity index (χ0) is 12.6. The summed E-state index contributed by atoms with van der Waals surface area (Å²) in [5, 5.41) is 3.12. The molecule has 0 saturated heterocycles. The summed E-state index contributed by atoms with van der Waals surface area (Å²) in [6.45, 7) is 11.3. The van der Waals surface area contributed by atoms with Gasteiger partial charge in [-0.15, -0.1) is 0 Å². The third-order valence-electron chi connectivity index (χ3n) is 3.12. The lowest BCUT2D eigenvalue weighted by Crippen LogP contribution is -2.44.